The molecule has 1 heterocycles. The predicted molar refractivity (Wildman–Crippen MR) is 78.4 cm³/mol. The van der Waals surface area contributed by atoms with Crippen LogP contribution in [-0.4, -0.2) is 17.8 Å². The van der Waals surface area contributed by atoms with Crippen LogP contribution < -0.4 is 5.32 Å². The monoisotopic (exact) mass is 293 g/mol. The fourth-order valence-corrected chi connectivity index (χ4v) is 2.15. The van der Waals surface area contributed by atoms with Crippen molar-refractivity contribution in [2.75, 3.05) is 0 Å². The number of rotatable bonds is 3. The van der Waals surface area contributed by atoms with Gasteiger partial charge < -0.3 is 10.1 Å². The van der Waals surface area contributed by atoms with Gasteiger partial charge in [-0.05, 0) is 17.7 Å². The third kappa shape index (κ3) is 2.52. The molecule has 0 bridgehead atoms. The molecule has 22 heavy (non-hydrogen) atoms. The highest BCUT2D eigenvalue weighted by Gasteiger charge is 2.35. The summed E-state index contributed by atoms with van der Waals surface area (Å²) in [7, 11) is 0. The third-order valence-electron chi connectivity index (χ3n) is 3.18. The predicted octanol–water partition coefficient (Wildman–Crippen LogP) is 1.91. The topological polar surface area (TPSA) is 72.5 Å². The molecule has 108 valence electrons. The number of nitrogens with one attached hydrogen (secondary N) is 1. The van der Waals surface area contributed by atoms with E-state index >= 15 is 0 Å². The molecule has 1 aliphatic heterocycles. The van der Waals surface area contributed by atoms with Gasteiger partial charge in [-0.1, -0.05) is 48.5 Å². The van der Waals surface area contributed by atoms with Gasteiger partial charge in [-0.25, -0.2) is 9.59 Å². The van der Waals surface area contributed by atoms with E-state index in [1.807, 2.05) is 0 Å². The summed E-state index contributed by atoms with van der Waals surface area (Å²) >= 11 is 0. The summed E-state index contributed by atoms with van der Waals surface area (Å²) in [5.41, 5.74) is 0.830. The summed E-state index contributed by atoms with van der Waals surface area (Å²) in [4.78, 5) is 35.8. The fraction of sp³-hybridized carbons (Fsp3) is 0. The van der Waals surface area contributed by atoms with Crippen molar-refractivity contribution in [1.29, 1.82) is 0 Å². The Balaban J connectivity index is 1.98. The molecule has 0 saturated carbocycles. The van der Waals surface area contributed by atoms with E-state index in [1.165, 1.54) is 0 Å². The number of hydrogen-bond acceptors (Lipinski definition) is 4. The lowest BCUT2D eigenvalue weighted by molar-refractivity contribution is -0.150. The van der Waals surface area contributed by atoms with Gasteiger partial charge in [0.15, 0.2) is 0 Å². The summed E-state index contributed by atoms with van der Waals surface area (Å²) in [6.45, 7) is 0. The van der Waals surface area contributed by atoms with Crippen LogP contribution in [0.4, 0.5) is 0 Å². The first kappa shape index (κ1) is 13.8. The van der Waals surface area contributed by atoms with Gasteiger partial charge in [-0.2, -0.15) is 0 Å². The quantitative estimate of drug-likeness (QED) is 0.693. The molecule has 0 aromatic heterocycles. The lowest BCUT2D eigenvalue weighted by atomic mass is 10.0. The van der Waals surface area contributed by atoms with Crippen molar-refractivity contribution in [1.82, 2.24) is 5.32 Å². The molecule has 0 radical (unpaired) electrons. The molecule has 1 N–H and O–H groups in total. The summed E-state index contributed by atoms with van der Waals surface area (Å²) < 4.78 is 4.61. The number of hydrogen-bond donors (Lipinski definition) is 1. The van der Waals surface area contributed by atoms with Crippen molar-refractivity contribution in [2.24, 2.45) is 0 Å². The largest absolute Gasteiger partial charge is 0.385 e. The normalized spacial score (nSPS) is 14.0. The number of carbonyl (C=O) groups excluding carboxylic acids is 3. The number of amides is 1. The minimum atomic E-state index is -0.854. The van der Waals surface area contributed by atoms with Gasteiger partial charge in [0.25, 0.3) is 5.91 Å². The maximum Gasteiger partial charge on any atom is 0.363 e. The molecule has 3 rings (SSSR count). The number of carbonyl (C=O) groups is 3. The first-order valence-electron chi connectivity index (χ1n) is 6.59. The summed E-state index contributed by atoms with van der Waals surface area (Å²) in [5, 5.41) is 2.47. The Morgan fingerprint density at radius 1 is 0.818 bits per heavy atom. The van der Waals surface area contributed by atoms with Crippen molar-refractivity contribution < 1.29 is 19.1 Å². The van der Waals surface area contributed by atoms with E-state index in [-0.39, 0.29) is 11.3 Å². The highest BCUT2D eigenvalue weighted by molar-refractivity contribution is 6.31. The molecule has 2 aromatic carbocycles. The van der Waals surface area contributed by atoms with Gasteiger partial charge in [-0.15, -0.1) is 0 Å². The zero-order chi connectivity index (χ0) is 15.5. The van der Waals surface area contributed by atoms with Gasteiger partial charge >= 0.3 is 11.9 Å². The molecule has 0 aliphatic carbocycles. The summed E-state index contributed by atoms with van der Waals surface area (Å²) in [5.74, 6) is -2.09. The summed E-state index contributed by atoms with van der Waals surface area (Å²) in [6.07, 6.45) is 0. The van der Waals surface area contributed by atoms with Crippen molar-refractivity contribution in [2.45, 2.75) is 0 Å². The second-order valence-electron chi connectivity index (χ2n) is 4.61. The Hall–Kier alpha value is -3.21. The molecule has 1 amide bonds. The van der Waals surface area contributed by atoms with Gasteiger partial charge in [0.2, 0.25) is 0 Å². The average Bonchev–Trinajstić information content (AvgIpc) is 2.83. The first-order chi connectivity index (χ1) is 10.7. The molecule has 2 aromatic rings. The van der Waals surface area contributed by atoms with Crippen LogP contribution in [0, 0.1) is 0 Å². The van der Waals surface area contributed by atoms with Gasteiger partial charge in [0, 0.05) is 5.56 Å². The van der Waals surface area contributed by atoms with Crippen molar-refractivity contribution >= 4 is 23.4 Å². The highest BCUT2D eigenvalue weighted by Crippen LogP contribution is 2.25. The number of esters is 2. The Morgan fingerprint density at radius 3 is 2.05 bits per heavy atom. The second-order valence-corrected chi connectivity index (χ2v) is 4.61. The van der Waals surface area contributed by atoms with Crippen LogP contribution in [0.25, 0.3) is 5.57 Å². The van der Waals surface area contributed by atoms with Crippen LogP contribution in [0.5, 0.6) is 0 Å². The molecular formula is C17H11NO4. The van der Waals surface area contributed by atoms with E-state index < -0.39 is 17.8 Å². The van der Waals surface area contributed by atoms with Crippen molar-refractivity contribution in [3.05, 3.63) is 77.5 Å². The molecule has 1 aliphatic rings. The van der Waals surface area contributed by atoms with Crippen LogP contribution in [0.15, 0.2) is 66.4 Å². The van der Waals surface area contributed by atoms with Crippen LogP contribution in [0.1, 0.15) is 15.9 Å². The van der Waals surface area contributed by atoms with Crippen LogP contribution in [0.3, 0.4) is 0 Å². The Labute approximate surface area is 126 Å². The molecule has 5 nitrogen and oxygen atoms in total. The Kier molecular flexibility index (Phi) is 3.53. The van der Waals surface area contributed by atoms with E-state index in [0.29, 0.717) is 11.1 Å². The molecule has 0 atom stereocenters. The zero-order valence-electron chi connectivity index (χ0n) is 11.4. The molecule has 0 unspecified atom stereocenters. The SMILES string of the molecule is O=C1OC(=O)C(c2ccccc2)=C1NC(=O)c1ccccc1. The maximum absolute atomic E-state index is 12.2. The molecule has 5 heteroatoms. The number of cyclic esters (lactones) is 2. The lowest BCUT2D eigenvalue weighted by Crippen LogP contribution is -2.26. The maximum atomic E-state index is 12.2. The van der Waals surface area contributed by atoms with E-state index in [9.17, 15) is 14.4 Å². The van der Waals surface area contributed by atoms with Gasteiger partial charge in [-0.3, -0.25) is 4.79 Å². The molecule has 0 spiro atoms. The van der Waals surface area contributed by atoms with Gasteiger partial charge in [0.1, 0.15) is 5.70 Å². The Bertz CT molecular complexity index is 779. The number of ether oxygens (including phenoxy) is 1. The first-order valence-corrected chi connectivity index (χ1v) is 6.59. The van der Waals surface area contributed by atoms with E-state index in [1.54, 1.807) is 60.7 Å². The fourth-order valence-electron chi connectivity index (χ4n) is 2.15. The standard InChI is InChI=1S/C17H11NO4/c19-15(12-9-5-2-6-10-12)18-14-13(16(20)22-17(14)21)11-7-3-1-4-8-11/h1-10H,(H,18,19). The van der Waals surface area contributed by atoms with Crippen LogP contribution in [-0.2, 0) is 14.3 Å². The van der Waals surface area contributed by atoms with E-state index in [0.717, 1.165) is 0 Å². The minimum Gasteiger partial charge on any atom is -0.385 e. The molecule has 0 fully saturated rings. The molecule has 0 saturated heterocycles. The average molecular weight is 293 g/mol. The highest BCUT2D eigenvalue weighted by atomic mass is 16.6. The third-order valence-corrected chi connectivity index (χ3v) is 3.18. The summed E-state index contributed by atoms with van der Waals surface area (Å²) in [6, 6.07) is 17.0. The second kappa shape index (κ2) is 5.65. The molecular weight excluding hydrogens is 282 g/mol. The smallest absolute Gasteiger partial charge is 0.363 e. The van der Waals surface area contributed by atoms with Crippen molar-refractivity contribution in [3.63, 3.8) is 0 Å². The number of benzene rings is 2. The van der Waals surface area contributed by atoms with E-state index in [2.05, 4.69) is 10.1 Å². The zero-order valence-corrected chi connectivity index (χ0v) is 11.4. The Morgan fingerprint density at radius 2 is 1.41 bits per heavy atom. The lowest BCUT2D eigenvalue weighted by Gasteiger charge is -2.05. The van der Waals surface area contributed by atoms with Gasteiger partial charge in [0.05, 0.1) is 5.57 Å². The van der Waals surface area contributed by atoms with Crippen LogP contribution in [0.2, 0.25) is 0 Å². The van der Waals surface area contributed by atoms with E-state index in [4.69, 9.17) is 0 Å². The minimum absolute atomic E-state index is 0.0647. The van der Waals surface area contributed by atoms with Crippen LogP contribution >= 0.6 is 0 Å². The van der Waals surface area contributed by atoms with Crippen molar-refractivity contribution in [3.8, 4) is 0 Å².